The molecule has 1 aromatic rings. The van der Waals surface area contributed by atoms with Gasteiger partial charge in [0.05, 0.1) is 14.2 Å². The highest BCUT2D eigenvalue weighted by molar-refractivity contribution is 5.40. The standard InChI is InChI=1S/C13H19NO2/c1-14-13(9-4-5-9)10-6-11(15-2)8-12(7-10)16-3/h6-9,13-14H,4-5H2,1-3H3. The van der Waals surface area contributed by atoms with Crippen molar-refractivity contribution in [2.24, 2.45) is 5.92 Å². The first-order valence-corrected chi connectivity index (χ1v) is 5.68. The summed E-state index contributed by atoms with van der Waals surface area (Å²) in [5, 5.41) is 3.37. The van der Waals surface area contributed by atoms with E-state index in [0.717, 1.165) is 17.4 Å². The number of ether oxygens (including phenoxy) is 2. The molecule has 3 nitrogen and oxygen atoms in total. The summed E-state index contributed by atoms with van der Waals surface area (Å²) < 4.78 is 10.6. The molecule has 0 radical (unpaired) electrons. The topological polar surface area (TPSA) is 30.5 Å². The van der Waals surface area contributed by atoms with Gasteiger partial charge >= 0.3 is 0 Å². The van der Waals surface area contributed by atoms with Crippen molar-refractivity contribution in [3.63, 3.8) is 0 Å². The lowest BCUT2D eigenvalue weighted by Gasteiger charge is -2.17. The maximum atomic E-state index is 5.28. The van der Waals surface area contributed by atoms with E-state index in [-0.39, 0.29) is 0 Å². The molecule has 0 bridgehead atoms. The predicted octanol–water partition coefficient (Wildman–Crippen LogP) is 2.37. The van der Waals surface area contributed by atoms with Crippen molar-refractivity contribution < 1.29 is 9.47 Å². The molecule has 1 aromatic carbocycles. The fourth-order valence-corrected chi connectivity index (χ4v) is 2.11. The Morgan fingerprint density at radius 2 is 1.69 bits per heavy atom. The van der Waals surface area contributed by atoms with Crippen LogP contribution in [-0.2, 0) is 0 Å². The number of rotatable bonds is 5. The zero-order valence-electron chi connectivity index (χ0n) is 10.1. The van der Waals surface area contributed by atoms with Crippen LogP contribution in [0.5, 0.6) is 11.5 Å². The number of methoxy groups -OCH3 is 2. The molecule has 0 heterocycles. The van der Waals surface area contributed by atoms with Crippen LogP contribution in [-0.4, -0.2) is 21.3 Å². The largest absolute Gasteiger partial charge is 0.497 e. The van der Waals surface area contributed by atoms with Crippen molar-refractivity contribution in [1.29, 1.82) is 0 Å². The Balaban J connectivity index is 2.30. The second kappa shape index (κ2) is 4.74. The van der Waals surface area contributed by atoms with E-state index in [2.05, 4.69) is 17.4 Å². The van der Waals surface area contributed by atoms with Crippen LogP contribution in [0.4, 0.5) is 0 Å². The summed E-state index contributed by atoms with van der Waals surface area (Å²) in [6.07, 6.45) is 2.62. The van der Waals surface area contributed by atoms with Gasteiger partial charge in [0.1, 0.15) is 11.5 Å². The van der Waals surface area contributed by atoms with Crippen molar-refractivity contribution in [2.45, 2.75) is 18.9 Å². The maximum Gasteiger partial charge on any atom is 0.122 e. The van der Waals surface area contributed by atoms with Gasteiger partial charge in [0.25, 0.3) is 0 Å². The van der Waals surface area contributed by atoms with Gasteiger partial charge in [-0.2, -0.15) is 0 Å². The van der Waals surface area contributed by atoms with E-state index in [1.165, 1.54) is 18.4 Å². The van der Waals surface area contributed by atoms with Crippen LogP contribution in [0.3, 0.4) is 0 Å². The van der Waals surface area contributed by atoms with Crippen LogP contribution in [0.25, 0.3) is 0 Å². The molecule has 1 atom stereocenters. The predicted molar refractivity (Wildman–Crippen MR) is 64.1 cm³/mol. The molecule has 1 N–H and O–H groups in total. The van der Waals surface area contributed by atoms with Crippen molar-refractivity contribution in [1.82, 2.24) is 5.32 Å². The first-order valence-electron chi connectivity index (χ1n) is 5.68. The van der Waals surface area contributed by atoms with Gasteiger partial charge in [-0.15, -0.1) is 0 Å². The lowest BCUT2D eigenvalue weighted by Crippen LogP contribution is -2.18. The van der Waals surface area contributed by atoms with Crippen molar-refractivity contribution >= 4 is 0 Å². The van der Waals surface area contributed by atoms with Gasteiger partial charge in [0.2, 0.25) is 0 Å². The minimum Gasteiger partial charge on any atom is -0.497 e. The summed E-state index contributed by atoms with van der Waals surface area (Å²) in [5.41, 5.74) is 1.25. The summed E-state index contributed by atoms with van der Waals surface area (Å²) >= 11 is 0. The molecule has 1 unspecified atom stereocenters. The Morgan fingerprint density at radius 3 is 2.06 bits per heavy atom. The van der Waals surface area contributed by atoms with Crippen LogP contribution >= 0.6 is 0 Å². The molecule has 88 valence electrons. The molecule has 0 saturated heterocycles. The zero-order chi connectivity index (χ0) is 11.5. The summed E-state index contributed by atoms with van der Waals surface area (Å²) in [4.78, 5) is 0. The summed E-state index contributed by atoms with van der Waals surface area (Å²) in [6, 6.07) is 6.50. The highest BCUT2D eigenvalue weighted by atomic mass is 16.5. The van der Waals surface area contributed by atoms with Crippen molar-refractivity contribution in [3.05, 3.63) is 23.8 Å². The van der Waals surface area contributed by atoms with Crippen LogP contribution in [0.15, 0.2) is 18.2 Å². The SMILES string of the molecule is CNC(c1cc(OC)cc(OC)c1)C1CC1. The van der Waals surface area contributed by atoms with Crippen LogP contribution in [0.2, 0.25) is 0 Å². The minimum absolute atomic E-state index is 0.420. The average molecular weight is 221 g/mol. The van der Waals surface area contributed by atoms with Gasteiger partial charge < -0.3 is 14.8 Å². The Hall–Kier alpha value is -1.22. The number of hydrogen-bond acceptors (Lipinski definition) is 3. The summed E-state index contributed by atoms with van der Waals surface area (Å²) in [6.45, 7) is 0. The van der Waals surface area contributed by atoms with Crippen molar-refractivity contribution in [3.8, 4) is 11.5 Å². The van der Waals surface area contributed by atoms with E-state index in [4.69, 9.17) is 9.47 Å². The van der Waals surface area contributed by atoms with E-state index >= 15 is 0 Å². The molecule has 2 rings (SSSR count). The summed E-state index contributed by atoms with van der Waals surface area (Å²) in [5.74, 6) is 2.48. The molecule has 1 saturated carbocycles. The second-order valence-electron chi connectivity index (χ2n) is 4.25. The van der Waals surface area contributed by atoms with Crippen molar-refractivity contribution in [2.75, 3.05) is 21.3 Å². The van der Waals surface area contributed by atoms with E-state index in [1.54, 1.807) is 14.2 Å². The van der Waals surface area contributed by atoms with Gasteiger partial charge in [0, 0.05) is 12.1 Å². The quantitative estimate of drug-likeness (QED) is 0.828. The van der Waals surface area contributed by atoms with Gasteiger partial charge in [-0.05, 0) is 43.5 Å². The molecular formula is C13H19NO2. The van der Waals surface area contributed by atoms with Gasteiger partial charge in [-0.3, -0.25) is 0 Å². The van der Waals surface area contributed by atoms with Gasteiger partial charge in [-0.25, -0.2) is 0 Å². The molecule has 1 aliphatic rings. The first-order chi connectivity index (χ1) is 7.78. The lowest BCUT2D eigenvalue weighted by atomic mass is 10.0. The third-order valence-corrected chi connectivity index (χ3v) is 3.14. The maximum absolute atomic E-state index is 5.28. The Kier molecular flexibility index (Phi) is 3.34. The zero-order valence-corrected chi connectivity index (χ0v) is 10.1. The Bertz CT molecular complexity index is 339. The van der Waals surface area contributed by atoms with Gasteiger partial charge in [-0.1, -0.05) is 0 Å². The molecule has 0 spiro atoms. The van der Waals surface area contributed by atoms with E-state index < -0.39 is 0 Å². The highest BCUT2D eigenvalue weighted by Crippen LogP contribution is 2.42. The number of benzene rings is 1. The third kappa shape index (κ3) is 2.30. The van der Waals surface area contributed by atoms with Gasteiger partial charge in [0.15, 0.2) is 0 Å². The molecule has 0 aliphatic heterocycles. The van der Waals surface area contributed by atoms with Crippen LogP contribution < -0.4 is 14.8 Å². The molecule has 3 heteroatoms. The molecule has 1 aliphatic carbocycles. The first kappa shape index (κ1) is 11.3. The van der Waals surface area contributed by atoms with Crippen LogP contribution in [0.1, 0.15) is 24.4 Å². The molecule has 0 amide bonds. The second-order valence-corrected chi connectivity index (χ2v) is 4.25. The fourth-order valence-electron chi connectivity index (χ4n) is 2.11. The Morgan fingerprint density at radius 1 is 1.12 bits per heavy atom. The fraction of sp³-hybridized carbons (Fsp3) is 0.538. The normalized spacial score (nSPS) is 16.9. The number of hydrogen-bond donors (Lipinski definition) is 1. The van der Waals surface area contributed by atoms with E-state index in [9.17, 15) is 0 Å². The van der Waals surface area contributed by atoms with Crippen LogP contribution in [0, 0.1) is 5.92 Å². The smallest absolute Gasteiger partial charge is 0.122 e. The Labute approximate surface area is 96.8 Å². The van der Waals surface area contributed by atoms with E-state index in [0.29, 0.717) is 6.04 Å². The minimum atomic E-state index is 0.420. The molecule has 0 aromatic heterocycles. The average Bonchev–Trinajstić information content (AvgIpc) is 3.14. The monoisotopic (exact) mass is 221 g/mol. The molecule has 16 heavy (non-hydrogen) atoms. The third-order valence-electron chi connectivity index (χ3n) is 3.14. The lowest BCUT2D eigenvalue weighted by molar-refractivity contribution is 0.391. The van der Waals surface area contributed by atoms with E-state index in [1.807, 2.05) is 13.1 Å². The highest BCUT2D eigenvalue weighted by Gasteiger charge is 2.31. The molecular weight excluding hydrogens is 202 g/mol. The molecule has 1 fully saturated rings. The summed E-state index contributed by atoms with van der Waals surface area (Å²) in [7, 11) is 5.38. The number of nitrogens with one attached hydrogen (secondary N) is 1.